The minimum Gasteiger partial charge on any atom is -0.460 e. The van der Waals surface area contributed by atoms with E-state index in [0.29, 0.717) is 12.8 Å². The molecule has 0 aliphatic heterocycles. The van der Waals surface area contributed by atoms with Crippen molar-refractivity contribution in [1.82, 2.24) is 0 Å². The average Bonchev–Trinajstić information content (AvgIpc) is 2.69. The highest BCUT2D eigenvalue weighted by Gasteiger charge is 2.44. The molecular weight excluding hydrogens is 262 g/mol. The summed E-state index contributed by atoms with van der Waals surface area (Å²) in [4.78, 5) is 21.8. The second kappa shape index (κ2) is 6.24. The molecule has 0 aromatic carbocycles. The molecule has 1 aliphatic carbocycles. The van der Waals surface area contributed by atoms with Crippen LogP contribution < -0.4 is 0 Å². The lowest BCUT2D eigenvalue weighted by Gasteiger charge is -2.14. The lowest BCUT2D eigenvalue weighted by Crippen LogP contribution is -2.29. The van der Waals surface area contributed by atoms with E-state index in [4.69, 9.17) is 5.26 Å². The molecular formula is C8H10F2O6S. The van der Waals surface area contributed by atoms with E-state index in [0.717, 1.165) is 0 Å². The monoisotopic (exact) mass is 272 g/mol. The topological polar surface area (TPSA) is 82.1 Å². The zero-order valence-electron chi connectivity index (χ0n) is 8.56. The van der Waals surface area contributed by atoms with Crippen LogP contribution in [0.15, 0.2) is 0 Å². The third-order valence-corrected chi connectivity index (χ3v) is 2.71. The van der Waals surface area contributed by atoms with Crippen LogP contribution in [0.2, 0.25) is 0 Å². The maximum Gasteiger partial charge on any atom is 0.415 e. The van der Waals surface area contributed by atoms with E-state index < -0.39 is 23.3 Å². The summed E-state index contributed by atoms with van der Waals surface area (Å²) in [6.45, 7) is -0.235. The van der Waals surface area contributed by atoms with Gasteiger partial charge in [0, 0.05) is 18.8 Å². The molecule has 0 heterocycles. The van der Waals surface area contributed by atoms with Gasteiger partial charge in [-0.1, -0.05) is 5.04 Å². The van der Waals surface area contributed by atoms with Crippen molar-refractivity contribution in [2.75, 3.05) is 6.61 Å². The average molecular weight is 272 g/mol. The molecule has 0 spiro atoms. The van der Waals surface area contributed by atoms with Gasteiger partial charge in [-0.3, -0.25) is 4.79 Å². The SMILES string of the molecule is O=C1CCC(COC(=O)C(F)(F)SOOO)C1. The Morgan fingerprint density at radius 2 is 2.29 bits per heavy atom. The second-order valence-electron chi connectivity index (χ2n) is 3.49. The van der Waals surface area contributed by atoms with Crippen molar-refractivity contribution in [3.63, 3.8) is 0 Å². The summed E-state index contributed by atoms with van der Waals surface area (Å²) in [5.41, 5.74) is 0. The Morgan fingerprint density at radius 1 is 1.59 bits per heavy atom. The highest BCUT2D eigenvalue weighted by molar-refractivity contribution is 7.96. The number of carbonyl (C=O) groups is 2. The van der Waals surface area contributed by atoms with Crippen molar-refractivity contribution in [2.24, 2.45) is 5.92 Å². The van der Waals surface area contributed by atoms with Gasteiger partial charge in [0.25, 0.3) is 0 Å². The van der Waals surface area contributed by atoms with Gasteiger partial charge >= 0.3 is 11.2 Å². The third kappa shape index (κ3) is 4.54. The molecule has 0 aromatic rings. The van der Waals surface area contributed by atoms with E-state index in [-0.39, 0.29) is 24.7 Å². The number of ether oxygens (including phenoxy) is 1. The molecule has 1 N–H and O–H groups in total. The van der Waals surface area contributed by atoms with Crippen LogP contribution >= 0.6 is 12.0 Å². The number of hydrogen-bond acceptors (Lipinski definition) is 7. The zero-order chi connectivity index (χ0) is 12.9. The zero-order valence-corrected chi connectivity index (χ0v) is 9.37. The van der Waals surface area contributed by atoms with Gasteiger partial charge in [0.15, 0.2) is 0 Å². The third-order valence-electron chi connectivity index (χ3n) is 2.20. The second-order valence-corrected chi connectivity index (χ2v) is 4.30. The van der Waals surface area contributed by atoms with Gasteiger partial charge in [0.2, 0.25) is 0 Å². The first-order chi connectivity index (χ1) is 7.95. The first-order valence-electron chi connectivity index (χ1n) is 4.68. The molecule has 0 aromatic heterocycles. The van der Waals surface area contributed by atoms with Crippen LogP contribution in [0.3, 0.4) is 0 Å². The Labute approximate surface area is 99.3 Å². The Hall–Kier alpha value is -0.770. The largest absolute Gasteiger partial charge is 0.460 e. The molecule has 6 nitrogen and oxygen atoms in total. The smallest absolute Gasteiger partial charge is 0.415 e. The molecule has 17 heavy (non-hydrogen) atoms. The standard InChI is InChI=1S/C8H10F2O6S/c9-8(10,17-16-15-13)7(12)14-4-5-1-2-6(11)3-5/h5,13H,1-4H2. The van der Waals surface area contributed by atoms with E-state index in [1.807, 2.05) is 0 Å². The summed E-state index contributed by atoms with van der Waals surface area (Å²) < 4.78 is 33.6. The van der Waals surface area contributed by atoms with Crippen LogP contribution in [-0.2, 0) is 23.7 Å². The molecule has 0 saturated heterocycles. The van der Waals surface area contributed by atoms with Crippen molar-refractivity contribution in [2.45, 2.75) is 24.5 Å². The maximum absolute atomic E-state index is 12.9. The molecule has 1 rings (SSSR count). The predicted molar refractivity (Wildman–Crippen MR) is 50.6 cm³/mol. The van der Waals surface area contributed by atoms with Gasteiger partial charge in [-0.15, -0.1) is 4.33 Å². The minimum absolute atomic E-state index is 0.0317. The molecule has 1 saturated carbocycles. The van der Waals surface area contributed by atoms with Crippen molar-refractivity contribution in [3.8, 4) is 0 Å². The van der Waals surface area contributed by atoms with Crippen molar-refractivity contribution in [3.05, 3.63) is 0 Å². The fraction of sp³-hybridized carbons (Fsp3) is 0.750. The van der Waals surface area contributed by atoms with Gasteiger partial charge in [-0.2, -0.15) is 8.78 Å². The summed E-state index contributed by atoms with van der Waals surface area (Å²) in [6, 6.07) is 0. The van der Waals surface area contributed by atoms with E-state index in [1.54, 1.807) is 0 Å². The van der Waals surface area contributed by atoms with Gasteiger partial charge in [0.05, 0.1) is 6.61 Å². The van der Waals surface area contributed by atoms with Crippen molar-refractivity contribution >= 4 is 23.8 Å². The highest BCUT2D eigenvalue weighted by Crippen LogP contribution is 2.32. The van der Waals surface area contributed by atoms with Gasteiger partial charge in [0.1, 0.15) is 17.8 Å². The van der Waals surface area contributed by atoms with Crippen molar-refractivity contribution in [1.29, 1.82) is 0 Å². The van der Waals surface area contributed by atoms with Crippen LogP contribution in [0.1, 0.15) is 19.3 Å². The van der Waals surface area contributed by atoms with E-state index >= 15 is 0 Å². The summed E-state index contributed by atoms with van der Waals surface area (Å²) in [6.07, 6.45) is 1.15. The number of carbonyl (C=O) groups excluding carboxylic acids is 2. The number of alkyl halides is 2. The van der Waals surface area contributed by atoms with E-state index in [9.17, 15) is 18.4 Å². The van der Waals surface area contributed by atoms with E-state index in [1.165, 1.54) is 0 Å². The quantitative estimate of drug-likeness (QED) is 0.340. The predicted octanol–water partition coefficient (Wildman–Crippen LogP) is 1.56. The Morgan fingerprint density at radius 3 is 2.82 bits per heavy atom. The lowest BCUT2D eigenvalue weighted by atomic mass is 10.1. The lowest BCUT2D eigenvalue weighted by molar-refractivity contribution is -0.433. The first-order valence-corrected chi connectivity index (χ1v) is 5.42. The number of esters is 1. The van der Waals surface area contributed by atoms with Crippen LogP contribution in [0.4, 0.5) is 8.78 Å². The Bertz CT molecular complexity index is 298. The van der Waals surface area contributed by atoms with Crippen LogP contribution in [0.25, 0.3) is 0 Å². The Kier molecular flexibility index (Phi) is 5.25. The van der Waals surface area contributed by atoms with Crippen LogP contribution in [-0.4, -0.2) is 28.9 Å². The normalized spacial score (nSPS) is 20.6. The maximum atomic E-state index is 12.9. The highest BCUT2D eigenvalue weighted by atomic mass is 32.2. The van der Waals surface area contributed by atoms with Gasteiger partial charge in [-0.05, 0) is 6.42 Å². The molecule has 1 unspecified atom stereocenters. The van der Waals surface area contributed by atoms with Crippen LogP contribution in [0.5, 0.6) is 0 Å². The first kappa shape index (κ1) is 14.3. The molecule has 0 radical (unpaired) electrons. The number of halogens is 2. The van der Waals surface area contributed by atoms with E-state index in [2.05, 4.69) is 14.1 Å². The summed E-state index contributed by atoms with van der Waals surface area (Å²) >= 11 is -0.677. The van der Waals surface area contributed by atoms with Gasteiger partial charge in [-0.25, -0.2) is 10.1 Å². The fourth-order valence-electron chi connectivity index (χ4n) is 1.40. The summed E-state index contributed by atoms with van der Waals surface area (Å²) in [5, 5.41) is 6.65. The Balaban J connectivity index is 2.30. The fourth-order valence-corrected chi connectivity index (χ4v) is 1.65. The number of rotatable bonds is 6. The molecule has 9 heteroatoms. The summed E-state index contributed by atoms with van der Waals surface area (Å²) in [7, 11) is 0. The molecule has 0 bridgehead atoms. The minimum atomic E-state index is -3.98. The van der Waals surface area contributed by atoms with Crippen molar-refractivity contribution < 1.29 is 37.7 Å². The number of Topliss-reactive ketones (excluding diaryl/α,β-unsaturated/α-hetero) is 1. The molecule has 98 valence electrons. The number of hydrogen-bond donors (Lipinski definition) is 1. The molecule has 0 amide bonds. The van der Waals surface area contributed by atoms with Gasteiger partial charge < -0.3 is 4.74 Å². The molecule has 1 aliphatic rings. The van der Waals surface area contributed by atoms with Crippen LogP contribution in [0, 0.1) is 5.92 Å². The molecule has 1 fully saturated rings. The number of ketones is 1. The molecule has 1 atom stereocenters. The summed E-state index contributed by atoms with van der Waals surface area (Å²) in [5.74, 6) is -1.98.